The number of fused-ring (bicyclic) bond motifs is 1. The van der Waals surface area contributed by atoms with Crippen LogP contribution in [0.1, 0.15) is 71.4 Å². The Labute approximate surface area is 351 Å². The fourth-order valence-electron chi connectivity index (χ4n) is 9.21. The topological polar surface area (TPSA) is 166 Å². The first-order valence-electron chi connectivity index (χ1n) is 20.7. The van der Waals surface area contributed by atoms with E-state index in [0.717, 1.165) is 81.1 Å². The smallest absolute Gasteiger partial charge is 0.369 e. The number of piperazine rings is 2. The normalized spacial score (nSPS) is 23.0. The van der Waals surface area contributed by atoms with Crippen molar-refractivity contribution >= 4 is 52.5 Å². The number of nitriles is 1. The monoisotopic (exact) mass is 840 g/mol. The first kappa shape index (κ1) is 41.5. The summed E-state index contributed by atoms with van der Waals surface area (Å²) in [6, 6.07) is 12.4. The molecule has 18 heteroatoms. The molecule has 61 heavy (non-hydrogen) atoms. The fraction of sp³-hybridized carbons (Fsp3) is 0.465. The Balaban J connectivity index is 0.781. The van der Waals surface area contributed by atoms with Gasteiger partial charge in [-0.05, 0) is 87.6 Å². The highest BCUT2D eigenvalue weighted by Gasteiger charge is 2.45. The number of anilines is 4. The second-order valence-electron chi connectivity index (χ2n) is 16.6. The molecule has 320 valence electrons. The van der Waals surface area contributed by atoms with E-state index in [4.69, 9.17) is 0 Å². The number of aromatic nitrogens is 1. The van der Waals surface area contributed by atoms with Gasteiger partial charge in [-0.2, -0.15) is 18.4 Å². The van der Waals surface area contributed by atoms with Crippen LogP contribution in [0, 0.1) is 17.2 Å². The Bertz CT molecular complexity index is 2270. The molecule has 0 saturated carbocycles. The zero-order valence-corrected chi connectivity index (χ0v) is 34.0. The third-order valence-corrected chi connectivity index (χ3v) is 12.6. The fourth-order valence-corrected chi connectivity index (χ4v) is 9.21. The van der Waals surface area contributed by atoms with Crippen LogP contribution >= 0.6 is 0 Å². The van der Waals surface area contributed by atoms with Gasteiger partial charge in [-0.15, -0.1) is 0 Å². The minimum atomic E-state index is -4.66. The molecule has 5 aliphatic rings. The van der Waals surface area contributed by atoms with Crippen LogP contribution in [-0.2, 0) is 15.8 Å². The standard InChI is InChI=1S/C43H47F3N10O5/c1-26-24-55(27(2)23-54(26)32-5-3-29(21-47)35(20-32)43(44,45)46)42(61)49-30-4-9-37(48-22-30)53-13-11-28(12-14-53)25-51-15-17-52(18-16-51)31-6-7-33-34(19-31)41(60)56(40(33)59)36-8-10-38(57)50-39(36)58/h3-7,9,19-20,22,26-28,36H,8,10-18,23-25H2,1-2H3,(H,49,61)(H,50,57,58)/t26-,27+,36+/m0/s1. The number of benzene rings is 2. The van der Waals surface area contributed by atoms with Gasteiger partial charge in [0.2, 0.25) is 11.8 Å². The molecule has 4 fully saturated rings. The van der Waals surface area contributed by atoms with E-state index in [9.17, 15) is 42.4 Å². The van der Waals surface area contributed by atoms with Crippen molar-refractivity contribution in [1.29, 1.82) is 5.26 Å². The molecule has 2 aromatic carbocycles. The lowest BCUT2D eigenvalue weighted by Gasteiger charge is -2.45. The van der Waals surface area contributed by atoms with Gasteiger partial charge in [0.25, 0.3) is 11.8 Å². The quantitative estimate of drug-likeness (QED) is 0.321. The third-order valence-electron chi connectivity index (χ3n) is 12.6. The number of amides is 6. The van der Waals surface area contributed by atoms with E-state index < -0.39 is 47.0 Å². The molecule has 5 aliphatic heterocycles. The number of hydrogen-bond donors (Lipinski definition) is 2. The average Bonchev–Trinajstić information content (AvgIpc) is 3.49. The first-order chi connectivity index (χ1) is 29.2. The number of hydrogen-bond acceptors (Lipinski definition) is 11. The number of nitrogens with one attached hydrogen (secondary N) is 2. The number of carbonyl (C=O) groups excluding carboxylic acids is 5. The highest BCUT2D eigenvalue weighted by molar-refractivity contribution is 6.23. The largest absolute Gasteiger partial charge is 0.417 e. The van der Waals surface area contributed by atoms with Gasteiger partial charge >= 0.3 is 12.2 Å². The van der Waals surface area contributed by atoms with E-state index >= 15 is 0 Å². The van der Waals surface area contributed by atoms with Crippen LogP contribution in [0.25, 0.3) is 0 Å². The van der Waals surface area contributed by atoms with Gasteiger partial charge in [0.05, 0.1) is 40.2 Å². The molecule has 0 bridgehead atoms. The highest BCUT2D eigenvalue weighted by Crippen LogP contribution is 2.36. The third kappa shape index (κ3) is 8.43. The first-order valence-corrected chi connectivity index (χ1v) is 20.7. The molecule has 0 aliphatic carbocycles. The van der Waals surface area contributed by atoms with Crippen molar-refractivity contribution in [3.63, 3.8) is 0 Å². The number of piperidine rings is 2. The van der Waals surface area contributed by atoms with Crippen LogP contribution in [-0.4, -0.2) is 126 Å². The summed E-state index contributed by atoms with van der Waals surface area (Å²) < 4.78 is 40.9. The highest BCUT2D eigenvalue weighted by atomic mass is 19.4. The van der Waals surface area contributed by atoms with E-state index in [1.165, 1.54) is 12.1 Å². The number of nitrogens with zero attached hydrogens (tertiary/aromatic N) is 8. The Morgan fingerprint density at radius 1 is 0.852 bits per heavy atom. The predicted octanol–water partition coefficient (Wildman–Crippen LogP) is 4.54. The van der Waals surface area contributed by atoms with Gasteiger partial charge in [-0.3, -0.25) is 34.3 Å². The maximum atomic E-state index is 13.6. The molecule has 6 heterocycles. The predicted molar refractivity (Wildman–Crippen MR) is 219 cm³/mol. The molecule has 3 atom stereocenters. The Morgan fingerprint density at radius 2 is 1.57 bits per heavy atom. The van der Waals surface area contributed by atoms with Crippen molar-refractivity contribution in [3.05, 3.63) is 77.0 Å². The lowest BCUT2D eigenvalue weighted by molar-refractivity contribution is -0.138. The Kier molecular flexibility index (Phi) is 11.3. The van der Waals surface area contributed by atoms with Gasteiger partial charge in [-0.1, -0.05) is 0 Å². The number of rotatable bonds is 7. The second-order valence-corrected chi connectivity index (χ2v) is 16.6. The van der Waals surface area contributed by atoms with Gasteiger partial charge in [0.15, 0.2) is 0 Å². The zero-order valence-electron chi connectivity index (χ0n) is 34.0. The van der Waals surface area contributed by atoms with Crippen LogP contribution in [0.4, 0.5) is 40.8 Å². The summed E-state index contributed by atoms with van der Waals surface area (Å²) in [6.45, 7) is 10.2. The Morgan fingerprint density at radius 3 is 2.25 bits per heavy atom. The van der Waals surface area contributed by atoms with Gasteiger partial charge in [-0.25, -0.2) is 9.78 Å². The van der Waals surface area contributed by atoms with Crippen LogP contribution in [0.2, 0.25) is 0 Å². The van der Waals surface area contributed by atoms with Crippen molar-refractivity contribution in [2.45, 2.75) is 63.8 Å². The molecule has 6 amide bonds. The van der Waals surface area contributed by atoms with Gasteiger partial charge < -0.3 is 24.9 Å². The molecule has 0 radical (unpaired) electrons. The molecule has 2 N–H and O–H groups in total. The number of alkyl halides is 3. The van der Waals surface area contributed by atoms with Gasteiger partial charge in [0, 0.05) is 88.8 Å². The number of carbonyl (C=O) groups is 5. The summed E-state index contributed by atoms with van der Waals surface area (Å²) in [5.41, 5.74) is 0.903. The summed E-state index contributed by atoms with van der Waals surface area (Å²) in [5, 5.41) is 14.3. The van der Waals surface area contributed by atoms with E-state index in [2.05, 4.69) is 30.3 Å². The minimum absolute atomic E-state index is 0.0739. The summed E-state index contributed by atoms with van der Waals surface area (Å²) >= 11 is 0. The SMILES string of the molecule is C[C@@H]1CN(c2ccc(C#N)c(C(F)(F)F)c2)[C@@H](C)CN1C(=O)Nc1ccc(N2CCC(CN3CCN(c4ccc5c(c4)C(=O)N([C@@H]4CCC(=O)NC4=O)C5=O)CC3)CC2)nc1. The number of pyridine rings is 1. The van der Waals surface area contributed by atoms with Crippen molar-refractivity contribution in [2.24, 2.45) is 5.92 Å². The molecule has 3 aromatic rings. The second kappa shape index (κ2) is 16.7. The number of imide groups is 2. The zero-order chi connectivity index (χ0) is 43.2. The molecule has 1 aromatic heterocycles. The summed E-state index contributed by atoms with van der Waals surface area (Å²) in [7, 11) is 0. The van der Waals surface area contributed by atoms with Crippen LogP contribution in [0.5, 0.6) is 0 Å². The van der Waals surface area contributed by atoms with E-state index in [1.54, 1.807) is 29.3 Å². The van der Waals surface area contributed by atoms with Crippen molar-refractivity contribution in [2.75, 3.05) is 78.9 Å². The molecule has 8 rings (SSSR count). The molecule has 0 unspecified atom stereocenters. The lowest BCUT2D eigenvalue weighted by Crippen LogP contribution is -2.59. The molecule has 4 saturated heterocycles. The van der Waals surface area contributed by atoms with Crippen LogP contribution in [0.15, 0.2) is 54.7 Å². The minimum Gasteiger partial charge on any atom is -0.369 e. The van der Waals surface area contributed by atoms with Crippen molar-refractivity contribution in [1.82, 2.24) is 25.0 Å². The van der Waals surface area contributed by atoms with E-state index in [-0.39, 0.29) is 42.1 Å². The maximum absolute atomic E-state index is 13.6. The molecule has 15 nitrogen and oxygen atoms in total. The summed E-state index contributed by atoms with van der Waals surface area (Å²) in [5.74, 6) is -0.698. The number of halogens is 3. The lowest BCUT2D eigenvalue weighted by atomic mass is 9.96. The molecule has 0 spiro atoms. The van der Waals surface area contributed by atoms with Crippen LogP contribution in [0.3, 0.4) is 0 Å². The Hall–Kier alpha value is -6.22. The summed E-state index contributed by atoms with van der Waals surface area (Å²) in [4.78, 5) is 79.9. The average molecular weight is 841 g/mol. The number of urea groups is 1. The maximum Gasteiger partial charge on any atom is 0.417 e. The molecular weight excluding hydrogens is 794 g/mol. The van der Waals surface area contributed by atoms with E-state index in [1.807, 2.05) is 36.9 Å². The van der Waals surface area contributed by atoms with Crippen molar-refractivity contribution < 1.29 is 37.1 Å². The van der Waals surface area contributed by atoms with E-state index in [0.29, 0.717) is 30.4 Å². The van der Waals surface area contributed by atoms with Gasteiger partial charge in [0.1, 0.15) is 11.9 Å². The van der Waals surface area contributed by atoms with Crippen molar-refractivity contribution in [3.8, 4) is 6.07 Å². The van der Waals surface area contributed by atoms with Crippen LogP contribution < -0.4 is 25.3 Å². The molecular formula is C43H47F3N10O5. The summed E-state index contributed by atoms with van der Waals surface area (Å²) in [6.07, 6.45) is -0.812.